The molecule has 0 saturated carbocycles. The third-order valence-electron chi connectivity index (χ3n) is 5.20. The third-order valence-corrected chi connectivity index (χ3v) is 7.13. The van der Waals surface area contributed by atoms with Crippen LogP contribution >= 0.6 is 0 Å². The number of aryl methyl sites for hydroxylation is 1. The number of hydrogen-bond acceptors (Lipinski definition) is 6. The molecule has 4 rings (SSSR count). The smallest absolute Gasteiger partial charge is 0.251 e. The number of halogens is 1. The molecule has 0 atom stereocenters. The van der Waals surface area contributed by atoms with Gasteiger partial charge in [-0.3, -0.25) is 4.79 Å². The number of piperazine rings is 1. The van der Waals surface area contributed by atoms with Gasteiger partial charge in [-0.15, -0.1) is 0 Å². The van der Waals surface area contributed by atoms with E-state index in [1.165, 1.54) is 28.6 Å². The molecule has 2 aromatic heterocycles. The van der Waals surface area contributed by atoms with Crippen molar-refractivity contribution < 1.29 is 12.8 Å². The minimum absolute atomic E-state index is 0.210. The van der Waals surface area contributed by atoms with Gasteiger partial charge < -0.3 is 9.88 Å². The van der Waals surface area contributed by atoms with Gasteiger partial charge in [-0.1, -0.05) is 19.1 Å². The number of hydrogen-bond donors (Lipinski definition) is 1. The Bertz CT molecular complexity index is 1240. The molecule has 1 saturated heterocycles. The SMILES string of the molecule is CCc1cc(=O)[nH]c(-c2ccc(N3CCN(S(=O)(=O)c4ccccc4F)CC3)nc2)n1. The van der Waals surface area contributed by atoms with Crippen LogP contribution in [0.3, 0.4) is 0 Å². The molecule has 31 heavy (non-hydrogen) atoms. The average Bonchev–Trinajstić information content (AvgIpc) is 2.79. The quantitative estimate of drug-likeness (QED) is 0.648. The van der Waals surface area contributed by atoms with Crippen LogP contribution in [0.15, 0.2) is 58.4 Å². The van der Waals surface area contributed by atoms with Crippen LogP contribution < -0.4 is 10.5 Å². The summed E-state index contributed by atoms with van der Waals surface area (Å²) in [6, 6.07) is 10.5. The van der Waals surface area contributed by atoms with Crippen molar-refractivity contribution in [3.8, 4) is 11.4 Å². The van der Waals surface area contributed by atoms with Gasteiger partial charge in [0.05, 0.1) is 0 Å². The predicted octanol–water partition coefficient (Wildman–Crippen LogP) is 2.04. The normalized spacial score (nSPS) is 15.2. The lowest BCUT2D eigenvalue weighted by Gasteiger charge is -2.34. The number of nitrogens with one attached hydrogen (secondary N) is 1. The number of benzene rings is 1. The van der Waals surface area contributed by atoms with E-state index < -0.39 is 15.8 Å². The molecular weight excluding hydrogens is 421 g/mol. The molecule has 0 radical (unpaired) electrons. The Labute approximate surface area is 179 Å². The number of nitrogens with zero attached hydrogens (tertiary/aromatic N) is 4. The van der Waals surface area contributed by atoms with Gasteiger partial charge in [-0.05, 0) is 30.7 Å². The number of aromatic nitrogens is 3. The van der Waals surface area contributed by atoms with Crippen LogP contribution in [0.4, 0.5) is 10.2 Å². The van der Waals surface area contributed by atoms with E-state index in [0.717, 1.165) is 6.07 Å². The molecule has 1 aliphatic rings. The van der Waals surface area contributed by atoms with Crippen molar-refractivity contribution in [2.24, 2.45) is 0 Å². The van der Waals surface area contributed by atoms with E-state index in [1.807, 2.05) is 24.0 Å². The summed E-state index contributed by atoms with van der Waals surface area (Å²) in [5, 5.41) is 0. The first kappa shape index (κ1) is 21.1. The van der Waals surface area contributed by atoms with Gasteiger partial charge in [-0.2, -0.15) is 4.31 Å². The number of H-pyrrole nitrogens is 1. The van der Waals surface area contributed by atoms with E-state index in [1.54, 1.807) is 6.20 Å². The summed E-state index contributed by atoms with van der Waals surface area (Å²) in [5.74, 6) is 0.408. The number of anilines is 1. The van der Waals surface area contributed by atoms with Crippen molar-refractivity contribution in [3.05, 3.63) is 70.5 Å². The van der Waals surface area contributed by atoms with Crippen molar-refractivity contribution in [3.63, 3.8) is 0 Å². The molecule has 10 heteroatoms. The monoisotopic (exact) mass is 443 g/mol. The largest absolute Gasteiger partial charge is 0.354 e. The van der Waals surface area contributed by atoms with E-state index in [-0.39, 0.29) is 23.5 Å². The molecule has 0 aliphatic carbocycles. The lowest BCUT2D eigenvalue weighted by molar-refractivity contribution is 0.381. The van der Waals surface area contributed by atoms with Gasteiger partial charge in [0.25, 0.3) is 5.56 Å². The van der Waals surface area contributed by atoms with Crippen molar-refractivity contribution in [2.75, 3.05) is 31.1 Å². The molecule has 1 fully saturated rings. The summed E-state index contributed by atoms with van der Waals surface area (Å²) in [5.41, 5.74) is 1.19. The predicted molar refractivity (Wildman–Crippen MR) is 115 cm³/mol. The van der Waals surface area contributed by atoms with Gasteiger partial charge in [-0.25, -0.2) is 22.8 Å². The first-order valence-corrected chi connectivity index (χ1v) is 11.4. The second kappa shape index (κ2) is 8.56. The highest BCUT2D eigenvalue weighted by atomic mass is 32.2. The van der Waals surface area contributed by atoms with Crippen molar-refractivity contribution in [2.45, 2.75) is 18.2 Å². The van der Waals surface area contributed by atoms with Crippen LogP contribution in [-0.2, 0) is 16.4 Å². The maximum atomic E-state index is 14.0. The van der Waals surface area contributed by atoms with E-state index in [0.29, 0.717) is 42.4 Å². The Kier molecular flexibility index (Phi) is 5.84. The fourth-order valence-corrected chi connectivity index (χ4v) is 4.98. The molecular formula is C21H22FN5O3S. The zero-order valence-electron chi connectivity index (χ0n) is 17.0. The summed E-state index contributed by atoms with van der Waals surface area (Å²) < 4.78 is 40.8. The highest BCUT2D eigenvalue weighted by molar-refractivity contribution is 7.89. The maximum Gasteiger partial charge on any atom is 0.251 e. The van der Waals surface area contributed by atoms with Crippen LogP contribution in [0, 0.1) is 5.82 Å². The summed E-state index contributed by atoms with van der Waals surface area (Å²) in [4.78, 5) is 25.1. The highest BCUT2D eigenvalue weighted by Gasteiger charge is 2.30. The Morgan fingerprint density at radius 1 is 1.10 bits per heavy atom. The van der Waals surface area contributed by atoms with Gasteiger partial charge >= 0.3 is 0 Å². The van der Waals surface area contributed by atoms with Gasteiger partial charge in [0.2, 0.25) is 10.0 Å². The molecule has 1 aromatic carbocycles. The third kappa shape index (κ3) is 4.35. The van der Waals surface area contributed by atoms with E-state index in [2.05, 4.69) is 15.0 Å². The maximum absolute atomic E-state index is 14.0. The van der Waals surface area contributed by atoms with Crippen LogP contribution in [0.1, 0.15) is 12.6 Å². The Morgan fingerprint density at radius 3 is 2.48 bits per heavy atom. The average molecular weight is 444 g/mol. The van der Waals surface area contributed by atoms with Crippen LogP contribution in [0.2, 0.25) is 0 Å². The lowest BCUT2D eigenvalue weighted by Crippen LogP contribution is -2.49. The lowest BCUT2D eigenvalue weighted by atomic mass is 10.2. The van der Waals surface area contributed by atoms with E-state index in [4.69, 9.17) is 0 Å². The van der Waals surface area contributed by atoms with Crippen molar-refractivity contribution in [1.82, 2.24) is 19.3 Å². The molecule has 0 spiro atoms. The van der Waals surface area contributed by atoms with E-state index >= 15 is 0 Å². The fourth-order valence-electron chi connectivity index (χ4n) is 3.49. The standard InChI is InChI=1S/C21H22FN5O3S/c1-2-16-13-20(28)25-21(24-16)15-7-8-19(23-14-15)26-9-11-27(12-10-26)31(29,30)18-6-4-3-5-17(18)22/h3-8,13-14H,2,9-12H2,1H3,(H,24,25,28). The van der Waals surface area contributed by atoms with Crippen LogP contribution in [0.5, 0.6) is 0 Å². The van der Waals surface area contributed by atoms with Crippen LogP contribution in [-0.4, -0.2) is 53.9 Å². The number of aromatic amines is 1. The molecule has 1 N–H and O–H groups in total. The fraction of sp³-hybridized carbons (Fsp3) is 0.286. The second-order valence-corrected chi connectivity index (χ2v) is 9.07. The Hall–Kier alpha value is -3.11. The molecule has 8 nitrogen and oxygen atoms in total. The number of rotatable bonds is 5. The highest BCUT2D eigenvalue weighted by Crippen LogP contribution is 2.23. The zero-order chi connectivity index (χ0) is 22.0. The van der Waals surface area contributed by atoms with Gasteiger partial charge in [0.15, 0.2) is 0 Å². The summed E-state index contributed by atoms with van der Waals surface area (Å²) >= 11 is 0. The number of sulfonamides is 1. The Morgan fingerprint density at radius 2 is 1.84 bits per heavy atom. The summed E-state index contributed by atoms with van der Waals surface area (Å²) in [7, 11) is -3.88. The molecule has 162 valence electrons. The summed E-state index contributed by atoms with van der Waals surface area (Å²) in [6.07, 6.45) is 2.29. The van der Waals surface area contributed by atoms with Gasteiger partial charge in [0.1, 0.15) is 22.4 Å². The van der Waals surface area contributed by atoms with Crippen molar-refractivity contribution >= 4 is 15.8 Å². The first-order valence-electron chi connectivity index (χ1n) is 9.95. The Balaban J connectivity index is 1.47. The van der Waals surface area contributed by atoms with Crippen molar-refractivity contribution in [1.29, 1.82) is 0 Å². The minimum Gasteiger partial charge on any atom is -0.354 e. The second-order valence-electron chi connectivity index (χ2n) is 7.17. The molecule has 3 heterocycles. The molecule has 0 unspecified atom stereocenters. The minimum atomic E-state index is -3.88. The number of pyridine rings is 1. The molecule has 0 bridgehead atoms. The molecule has 1 aliphatic heterocycles. The van der Waals surface area contributed by atoms with E-state index in [9.17, 15) is 17.6 Å². The zero-order valence-corrected chi connectivity index (χ0v) is 17.8. The molecule has 3 aromatic rings. The topological polar surface area (TPSA) is 99.3 Å². The molecule has 0 amide bonds. The first-order chi connectivity index (χ1) is 14.9. The van der Waals surface area contributed by atoms with Gasteiger partial charge in [0, 0.05) is 49.7 Å². The summed E-state index contributed by atoms with van der Waals surface area (Å²) in [6.45, 7) is 3.25. The van der Waals surface area contributed by atoms with Crippen LogP contribution in [0.25, 0.3) is 11.4 Å².